The lowest BCUT2D eigenvalue weighted by atomic mass is 9.99. The van der Waals surface area contributed by atoms with Gasteiger partial charge in [0.15, 0.2) is 0 Å². The number of urea groups is 1. The number of anilines is 1. The normalized spacial score (nSPS) is 17.6. The number of nitrogens with zero attached hydrogens (tertiary/aromatic N) is 3. The van der Waals surface area contributed by atoms with Gasteiger partial charge in [0.05, 0.1) is 30.6 Å². The fourth-order valence-electron chi connectivity index (χ4n) is 4.46. The summed E-state index contributed by atoms with van der Waals surface area (Å²) < 4.78 is 6.85. The number of hydrazine groups is 1. The van der Waals surface area contributed by atoms with Crippen LogP contribution in [0.1, 0.15) is 37.9 Å². The van der Waals surface area contributed by atoms with Crippen LogP contribution in [0.15, 0.2) is 60.3 Å². The van der Waals surface area contributed by atoms with Gasteiger partial charge >= 0.3 is 6.03 Å². The van der Waals surface area contributed by atoms with E-state index in [9.17, 15) is 9.90 Å². The maximum atomic E-state index is 13.2. The van der Waals surface area contributed by atoms with E-state index >= 15 is 0 Å². The highest BCUT2D eigenvalue weighted by Gasteiger charge is 2.28. The van der Waals surface area contributed by atoms with Gasteiger partial charge in [-0.1, -0.05) is 44.7 Å². The highest BCUT2D eigenvalue weighted by atomic mass is 16.5. The van der Waals surface area contributed by atoms with Crippen LogP contribution in [0.2, 0.25) is 0 Å². The Morgan fingerprint density at radius 1 is 1.31 bits per heavy atom. The first-order chi connectivity index (χ1) is 18.8. The molecule has 39 heavy (non-hydrogen) atoms. The van der Waals surface area contributed by atoms with Crippen LogP contribution < -0.4 is 21.4 Å². The molecule has 2 atom stereocenters. The number of aliphatic hydroxyl groups is 1. The van der Waals surface area contributed by atoms with Crippen LogP contribution in [0.4, 0.5) is 10.6 Å². The van der Waals surface area contributed by atoms with E-state index in [0.717, 1.165) is 53.2 Å². The van der Waals surface area contributed by atoms with Crippen molar-refractivity contribution < 1.29 is 14.6 Å². The number of hydrogen-bond acceptors (Lipinski definition) is 7. The van der Waals surface area contributed by atoms with Crippen molar-refractivity contribution in [2.45, 2.75) is 45.7 Å². The zero-order valence-electron chi connectivity index (χ0n) is 23.8. The Morgan fingerprint density at radius 3 is 2.69 bits per heavy atom. The van der Waals surface area contributed by atoms with E-state index in [-0.39, 0.29) is 24.7 Å². The van der Waals surface area contributed by atoms with Crippen LogP contribution >= 0.6 is 0 Å². The molecule has 1 aliphatic rings. The third-order valence-corrected chi connectivity index (χ3v) is 6.71. The maximum absolute atomic E-state index is 13.2. The molecular formula is C29H43N7O3. The van der Waals surface area contributed by atoms with Gasteiger partial charge in [-0.3, -0.25) is 5.32 Å². The Balaban J connectivity index is 1.96. The fraction of sp³-hybridized carbons (Fsp3) is 0.448. The summed E-state index contributed by atoms with van der Waals surface area (Å²) in [5.41, 5.74) is 8.21. The number of carbonyl (C=O) groups excluding carboxylic acids is 1. The number of hydrogen-bond donors (Lipinski definition) is 5. The number of amides is 2. The molecule has 3 rings (SSSR count). The average molecular weight is 538 g/mol. The summed E-state index contributed by atoms with van der Waals surface area (Å²) in [6.45, 7) is 12.2. The van der Waals surface area contributed by atoms with E-state index in [0.29, 0.717) is 19.0 Å². The lowest BCUT2D eigenvalue weighted by Gasteiger charge is -2.18. The van der Waals surface area contributed by atoms with Gasteiger partial charge in [-0.15, -0.1) is 0 Å². The summed E-state index contributed by atoms with van der Waals surface area (Å²) in [5.74, 6) is 0.593. The number of nitrogens with one attached hydrogen (secondary N) is 4. The van der Waals surface area contributed by atoms with Crippen molar-refractivity contribution in [2.24, 2.45) is 0 Å². The van der Waals surface area contributed by atoms with Gasteiger partial charge in [0.25, 0.3) is 0 Å². The van der Waals surface area contributed by atoms with Crippen LogP contribution in [0.25, 0.3) is 11.3 Å². The zero-order chi connectivity index (χ0) is 28.4. The molecule has 1 aliphatic heterocycles. The van der Waals surface area contributed by atoms with Crippen molar-refractivity contribution >= 4 is 17.4 Å². The minimum atomic E-state index is -0.295. The van der Waals surface area contributed by atoms with Crippen molar-refractivity contribution in [2.75, 3.05) is 45.8 Å². The van der Waals surface area contributed by atoms with E-state index in [1.807, 2.05) is 62.3 Å². The Kier molecular flexibility index (Phi) is 11.3. The lowest BCUT2D eigenvalue weighted by Crippen LogP contribution is -2.44. The predicted octanol–water partition coefficient (Wildman–Crippen LogP) is 3.36. The van der Waals surface area contributed by atoms with Gasteiger partial charge in [-0.05, 0) is 49.1 Å². The first-order valence-electron chi connectivity index (χ1n) is 13.5. The van der Waals surface area contributed by atoms with Gasteiger partial charge in [0.2, 0.25) is 0 Å². The summed E-state index contributed by atoms with van der Waals surface area (Å²) in [5, 5.41) is 26.2. The number of aliphatic hydroxyl groups excluding tert-OH is 1. The van der Waals surface area contributed by atoms with Crippen LogP contribution in [-0.4, -0.2) is 78.5 Å². The standard InChI is InChI=1S/C29H43N7O3/c1-7-12-22(17-25-21(4)35(5)33-26(25)19-37)27-20(3)28(36(34-27)24-13-10-9-11-14-24)32-29(38)31-23(8-2)18-30-15-16-39-6/h9-14,17,23,26,30,33,37H,4,7-8,15-16,18-19H2,1-3,5-6H3,(H2,31,32,38)/b22-12+,25-17+/t23-,26?/m0/s1. The summed E-state index contributed by atoms with van der Waals surface area (Å²) in [6.07, 6.45) is 5.69. The van der Waals surface area contributed by atoms with Crippen molar-refractivity contribution in [3.05, 3.63) is 71.6 Å². The van der Waals surface area contributed by atoms with Crippen molar-refractivity contribution in [1.82, 2.24) is 30.8 Å². The van der Waals surface area contributed by atoms with Crippen molar-refractivity contribution in [3.63, 3.8) is 0 Å². The quantitative estimate of drug-likeness (QED) is 0.249. The first-order valence-corrected chi connectivity index (χ1v) is 13.5. The molecule has 0 bridgehead atoms. The SMILES string of the molecule is C=C1/C(=C\C(=C/CC)c2nn(-c3ccccc3)c(NC(=O)N[C@@H](CC)CNCCOC)c2C)C(CO)NN1C. The molecule has 1 aromatic heterocycles. The maximum Gasteiger partial charge on any atom is 0.320 e. The second kappa shape index (κ2) is 14.6. The monoisotopic (exact) mass is 537 g/mol. The number of benzene rings is 1. The number of ether oxygens (including phenoxy) is 1. The molecule has 10 heteroatoms. The molecule has 1 unspecified atom stereocenters. The number of para-hydroxylation sites is 1. The van der Waals surface area contributed by atoms with Gasteiger partial charge in [0.1, 0.15) is 5.82 Å². The number of carbonyl (C=O) groups is 1. The van der Waals surface area contributed by atoms with Gasteiger partial charge in [-0.25, -0.2) is 14.9 Å². The summed E-state index contributed by atoms with van der Waals surface area (Å²) >= 11 is 0. The van der Waals surface area contributed by atoms with Crippen molar-refractivity contribution in [1.29, 1.82) is 0 Å². The number of allylic oxidation sites excluding steroid dienone is 3. The van der Waals surface area contributed by atoms with E-state index < -0.39 is 0 Å². The minimum Gasteiger partial charge on any atom is -0.394 e. The first kappa shape index (κ1) is 30.1. The van der Waals surface area contributed by atoms with E-state index in [4.69, 9.17) is 9.84 Å². The van der Waals surface area contributed by atoms with Gasteiger partial charge in [-0.2, -0.15) is 5.10 Å². The fourth-order valence-corrected chi connectivity index (χ4v) is 4.46. The van der Waals surface area contributed by atoms with E-state index in [2.05, 4.69) is 41.0 Å². The molecular weight excluding hydrogens is 494 g/mol. The van der Waals surface area contributed by atoms with Gasteiger partial charge in [0, 0.05) is 44.5 Å². The average Bonchev–Trinajstić information content (AvgIpc) is 3.40. The number of aromatic nitrogens is 2. The molecule has 212 valence electrons. The second-order valence-corrected chi connectivity index (χ2v) is 9.51. The highest BCUT2D eigenvalue weighted by molar-refractivity contribution is 5.91. The molecule has 1 aromatic carbocycles. The third-order valence-electron chi connectivity index (χ3n) is 6.71. The van der Waals surface area contributed by atoms with E-state index in [1.165, 1.54) is 0 Å². The topological polar surface area (TPSA) is 116 Å². The Morgan fingerprint density at radius 2 is 2.05 bits per heavy atom. The molecule has 10 nitrogen and oxygen atoms in total. The minimum absolute atomic E-state index is 0.0386. The zero-order valence-corrected chi connectivity index (χ0v) is 23.8. The predicted molar refractivity (Wildman–Crippen MR) is 157 cm³/mol. The molecule has 0 saturated carbocycles. The number of methoxy groups -OCH3 is 1. The molecule has 0 spiro atoms. The number of likely N-dealkylation sites (N-methyl/N-ethyl adjacent to an activating group) is 1. The molecule has 0 aliphatic carbocycles. The molecule has 0 radical (unpaired) electrons. The van der Waals surface area contributed by atoms with Crippen LogP contribution in [0, 0.1) is 6.92 Å². The lowest BCUT2D eigenvalue weighted by molar-refractivity contribution is 0.198. The molecule has 2 aromatic rings. The molecule has 1 saturated heterocycles. The summed E-state index contributed by atoms with van der Waals surface area (Å²) in [7, 11) is 3.54. The molecule has 5 N–H and O–H groups in total. The van der Waals surface area contributed by atoms with E-state index in [1.54, 1.807) is 11.8 Å². The third kappa shape index (κ3) is 7.57. The Labute approximate surface area is 231 Å². The molecule has 1 fully saturated rings. The summed E-state index contributed by atoms with van der Waals surface area (Å²) in [4.78, 5) is 13.2. The second-order valence-electron chi connectivity index (χ2n) is 9.51. The highest BCUT2D eigenvalue weighted by Crippen LogP contribution is 2.32. The molecule has 2 heterocycles. The Hall–Kier alpha value is -3.44. The van der Waals surface area contributed by atoms with Crippen LogP contribution in [-0.2, 0) is 4.74 Å². The van der Waals surface area contributed by atoms with Crippen molar-refractivity contribution in [3.8, 4) is 5.69 Å². The van der Waals surface area contributed by atoms with Gasteiger partial charge < -0.3 is 25.5 Å². The van der Waals surface area contributed by atoms with Crippen LogP contribution in [0.5, 0.6) is 0 Å². The Bertz CT molecular complexity index is 1170. The van der Waals surface area contributed by atoms with Crippen LogP contribution in [0.3, 0.4) is 0 Å². The smallest absolute Gasteiger partial charge is 0.320 e. The summed E-state index contributed by atoms with van der Waals surface area (Å²) in [6, 6.07) is 9.14. The largest absolute Gasteiger partial charge is 0.394 e. The molecule has 2 amide bonds. The number of rotatable bonds is 13.